The van der Waals surface area contributed by atoms with Crippen molar-refractivity contribution in [2.75, 3.05) is 0 Å². The maximum Gasteiger partial charge on any atom is 0.221 e. The SMILES string of the molecule is CC.O.O.O=C=C=O.[HH].[HH].[HH].[HH].[HH]. The van der Waals surface area contributed by atoms with Crippen LogP contribution in [0.5, 0.6) is 0 Å². The van der Waals surface area contributed by atoms with Crippen molar-refractivity contribution in [3.63, 3.8) is 0 Å². The summed E-state index contributed by atoms with van der Waals surface area (Å²) < 4.78 is 0. The Morgan fingerprint density at radius 3 is 1.12 bits per heavy atom. The Kier molecular flexibility index (Phi) is 464. The van der Waals surface area contributed by atoms with Crippen LogP contribution in [-0.2, 0) is 9.59 Å². The highest BCUT2D eigenvalue weighted by atomic mass is 16.1. The lowest BCUT2D eigenvalue weighted by molar-refractivity contribution is 0.552. The molecule has 0 rings (SSSR count). The predicted molar refractivity (Wildman–Crippen MR) is 40.5 cm³/mol. The third-order valence-corrected chi connectivity index (χ3v) is 0.0417. The van der Waals surface area contributed by atoms with Gasteiger partial charge in [-0.05, 0) is 0 Å². The first-order chi connectivity index (χ1) is 2.91. The van der Waals surface area contributed by atoms with Gasteiger partial charge in [-0.1, -0.05) is 13.8 Å². The Morgan fingerprint density at radius 2 is 1.12 bits per heavy atom. The minimum Gasteiger partial charge on any atom is -0.412 e. The molecule has 0 aromatic carbocycles. The monoisotopic (exact) mass is 132 g/mol. The van der Waals surface area contributed by atoms with Crippen LogP contribution in [0.4, 0.5) is 0 Å². The fraction of sp³-hybridized carbons (Fsp3) is 0.500. The molecule has 0 aromatic rings. The summed E-state index contributed by atoms with van der Waals surface area (Å²) in [6, 6.07) is 0. The minimum absolute atomic E-state index is 0. The van der Waals surface area contributed by atoms with Crippen molar-refractivity contribution in [3.8, 4) is 0 Å². The molecule has 0 atom stereocenters. The molecule has 0 spiro atoms. The molecule has 0 aromatic heterocycles. The van der Waals surface area contributed by atoms with Crippen LogP contribution in [0.3, 0.4) is 0 Å². The highest BCUT2D eigenvalue weighted by Gasteiger charge is 1.27. The average Bonchev–Trinajstić information content (AvgIpc) is 1.72. The van der Waals surface area contributed by atoms with Gasteiger partial charge in [-0.2, -0.15) is 0 Å². The van der Waals surface area contributed by atoms with E-state index < -0.39 is 0 Å². The minimum atomic E-state index is 0. The first-order valence-electron chi connectivity index (χ1n) is 1.66. The van der Waals surface area contributed by atoms with Gasteiger partial charge in [0.15, 0.2) is 0 Å². The van der Waals surface area contributed by atoms with Gasteiger partial charge in [0, 0.05) is 7.13 Å². The molecule has 4 heteroatoms. The lowest BCUT2D eigenvalue weighted by Gasteiger charge is -1.07. The number of hydrogen-bond donors (Lipinski definition) is 0. The van der Waals surface area contributed by atoms with E-state index in [1.165, 1.54) is 0 Å². The van der Waals surface area contributed by atoms with E-state index in [1.807, 2.05) is 13.8 Å². The topological polar surface area (TPSA) is 97.1 Å². The standard InChI is InChI=1S/C2O2.C2H6.2H2O.5H2/c3-1-2-4;1-2;;;;;;;/h;1-2H3;2*1H2;5*1H. The molecule has 0 amide bonds. The van der Waals surface area contributed by atoms with E-state index in [4.69, 9.17) is 9.59 Å². The summed E-state index contributed by atoms with van der Waals surface area (Å²) in [5.41, 5.74) is 0. The Labute approximate surface area is 54.9 Å². The number of hydrogen-bond acceptors (Lipinski definition) is 2. The normalized spacial score (nSPS) is 2.25. The van der Waals surface area contributed by atoms with E-state index in [9.17, 15) is 0 Å². The molecule has 0 radical (unpaired) electrons. The number of rotatable bonds is 0. The summed E-state index contributed by atoms with van der Waals surface area (Å²) in [6.07, 6.45) is 0. The molecule has 4 nitrogen and oxygen atoms in total. The molecule has 4 N–H and O–H groups in total. The number of carbonyl (C=O) groups excluding carboxylic acids is 2. The lowest BCUT2D eigenvalue weighted by atomic mass is 11.0. The van der Waals surface area contributed by atoms with Gasteiger partial charge >= 0.3 is 0 Å². The van der Waals surface area contributed by atoms with Crippen molar-refractivity contribution in [3.05, 3.63) is 0 Å². The van der Waals surface area contributed by atoms with Gasteiger partial charge in [0.05, 0.1) is 0 Å². The van der Waals surface area contributed by atoms with Crippen molar-refractivity contribution in [1.82, 2.24) is 0 Å². The first-order valence-corrected chi connectivity index (χ1v) is 1.66. The van der Waals surface area contributed by atoms with Gasteiger partial charge in [0.1, 0.15) is 0 Å². The summed E-state index contributed by atoms with van der Waals surface area (Å²) >= 11 is 0. The fourth-order valence-corrected chi connectivity index (χ4v) is 0. The molecule has 0 fully saturated rings. The average molecular weight is 132 g/mol. The molecule has 8 heavy (non-hydrogen) atoms. The zero-order chi connectivity index (χ0) is 5.41. The van der Waals surface area contributed by atoms with E-state index in [-0.39, 0.29) is 18.1 Å². The summed E-state index contributed by atoms with van der Waals surface area (Å²) in [6.45, 7) is 4.00. The van der Waals surface area contributed by atoms with Gasteiger partial charge in [0.25, 0.3) is 0 Å². The molecular formula is C4H20O4. The molecule has 0 saturated heterocycles. The zero-order valence-electron chi connectivity index (χ0n) is 4.82. The van der Waals surface area contributed by atoms with Crippen molar-refractivity contribution in [2.24, 2.45) is 0 Å². The van der Waals surface area contributed by atoms with Crippen molar-refractivity contribution >= 4 is 11.9 Å². The lowest BCUT2D eigenvalue weighted by Crippen LogP contribution is -1.38. The van der Waals surface area contributed by atoms with Crippen molar-refractivity contribution in [2.45, 2.75) is 13.8 Å². The molecule has 0 aliphatic carbocycles. The molecule has 0 heterocycles. The summed E-state index contributed by atoms with van der Waals surface area (Å²) in [7, 11) is 0. The van der Waals surface area contributed by atoms with Crippen molar-refractivity contribution in [1.29, 1.82) is 0 Å². The molecule has 0 aliphatic rings. The van der Waals surface area contributed by atoms with Gasteiger partial charge in [0.2, 0.25) is 11.9 Å². The quantitative estimate of drug-likeness (QED) is 0.427. The maximum absolute atomic E-state index is 8.62. The smallest absolute Gasteiger partial charge is 0.221 e. The van der Waals surface area contributed by atoms with Crippen LogP contribution >= 0.6 is 0 Å². The predicted octanol–water partition coefficient (Wildman–Crippen LogP) is -0.187. The van der Waals surface area contributed by atoms with Gasteiger partial charge in [-0.3, -0.25) is 0 Å². The van der Waals surface area contributed by atoms with Crippen LogP contribution in [0, 0.1) is 0 Å². The van der Waals surface area contributed by atoms with E-state index >= 15 is 0 Å². The highest BCUT2D eigenvalue weighted by Crippen LogP contribution is 1.14. The second-order valence-electron chi connectivity index (χ2n) is 0.204. The van der Waals surface area contributed by atoms with Crippen LogP contribution in [-0.4, -0.2) is 22.8 Å². The van der Waals surface area contributed by atoms with Crippen LogP contribution in [0.15, 0.2) is 0 Å². The van der Waals surface area contributed by atoms with E-state index in [0.717, 1.165) is 11.9 Å². The second-order valence-corrected chi connectivity index (χ2v) is 0.204. The third-order valence-electron chi connectivity index (χ3n) is 0.0417. The molecular weight excluding hydrogens is 112 g/mol. The van der Waals surface area contributed by atoms with Crippen molar-refractivity contribution < 1.29 is 27.7 Å². The first kappa shape index (κ1) is 27.6. The van der Waals surface area contributed by atoms with Crippen LogP contribution in [0.1, 0.15) is 21.0 Å². The van der Waals surface area contributed by atoms with Gasteiger partial charge in [-0.25, -0.2) is 9.59 Å². The Hall–Kier alpha value is -0.920. The van der Waals surface area contributed by atoms with Gasteiger partial charge < -0.3 is 11.0 Å². The van der Waals surface area contributed by atoms with Crippen LogP contribution in [0.25, 0.3) is 0 Å². The molecule has 0 unspecified atom stereocenters. The highest BCUT2D eigenvalue weighted by molar-refractivity contribution is 5.81. The van der Waals surface area contributed by atoms with E-state index in [2.05, 4.69) is 0 Å². The Balaban J connectivity index is -0.00000000242. The fourth-order valence-electron chi connectivity index (χ4n) is 0. The van der Waals surface area contributed by atoms with Crippen LogP contribution < -0.4 is 0 Å². The second kappa shape index (κ2) is 135. The maximum atomic E-state index is 8.62. The summed E-state index contributed by atoms with van der Waals surface area (Å²) in [5, 5.41) is 0. The zero-order valence-corrected chi connectivity index (χ0v) is 4.82. The largest absolute Gasteiger partial charge is 0.412 e. The Bertz CT molecular complexity index is 70.6. The third kappa shape index (κ3) is 13200. The summed E-state index contributed by atoms with van der Waals surface area (Å²) in [4.78, 5) is 17.2. The Morgan fingerprint density at radius 1 is 1.00 bits per heavy atom. The van der Waals surface area contributed by atoms with E-state index in [1.54, 1.807) is 0 Å². The van der Waals surface area contributed by atoms with Gasteiger partial charge in [-0.15, -0.1) is 0 Å². The van der Waals surface area contributed by atoms with Crippen LogP contribution in [0.2, 0.25) is 0 Å². The van der Waals surface area contributed by atoms with E-state index in [0.29, 0.717) is 0 Å². The summed E-state index contributed by atoms with van der Waals surface area (Å²) in [5.74, 6) is 1.75. The molecule has 0 aliphatic heterocycles. The molecule has 0 saturated carbocycles. The molecule has 0 bridgehead atoms. The molecule has 60 valence electrons.